The first-order valence-corrected chi connectivity index (χ1v) is 33.8. The van der Waals surface area contributed by atoms with E-state index < -0.39 is 6.10 Å². The minimum Gasteiger partial charge on any atom is -0.462 e. The summed E-state index contributed by atoms with van der Waals surface area (Å²) in [7, 11) is 0. The number of unbranched alkanes of at least 4 members (excludes halogenated alkanes) is 41. The van der Waals surface area contributed by atoms with E-state index >= 15 is 0 Å². The van der Waals surface area contributed by atoms with Crippen LogP contribution in [0.15, 0.2) is 60.8 Å². The van der Waals surface area contributed by atoms with Crippen LogP contribution in [-0.2, 0) is 28.6 Å². The molecule has 0 aliphatic rings. The zero-order valence-electron chi connectivity index (χ0n) is 51.5. The maximum absolute atomic E-state index is 12.8. The lowest BCUT2D eigenvalue weighted by molar-refractivity contribution is -0.167. The molecule has 0 amide bonds. The summed E-state index contributed by atoms with van der Waals surface area (Å²) in [5.74, 6) is -0.874. The summed E-state index contributed by atoms with van der Waals surface area (Å²) in [6, 6.07) is 0. The van der Waals surface area contributed by atoms with Gasteiger partial charge in [0.1, 0.15) is 13.2 Å². The van der Waals surface area contributed by atoms with Gasteiger partial charge in [-0.2, -0.15) is 0 Å². The lowest BCUT2D eigenvalue weighted by Crippen LogP contribution is -2.30. The Kier molecular flexibility index (Phi) is 63.2. The minimum atomic E-state index is -0.772. The van der Waals surface area contributed by atoms with Gasteiger partial charge in [0.2, 0.25) is 0 Å². The van der Waals surface area contributed by atoms with E-state index in [2.05, 4.69) is 81.5 Å². The first-order chi connectivity index (χ1) is 38.0. The van der Waals surface area contributed by atoms with Gasteiger partial charge in [-0.15, -0.1) is 0 Å². The third-order valence-electron chi connectivity index (χ3n) is 15.0. The second kappa shape index (κ2) is 65.6. The SMILES string of the molecule is CC/C=C\C/C=C\C/C=C\C/C=C\CCCCCCCCCCCCC(=O)OC(COC(=O)CCCCCCC)COC(=O)CCCCCCCCCCCCCCCCCCCCC/C=C\CCCCCCCCCC. The molecular weight excluding hydrogens is 949 g/mol. The Morgan fingerprint density at radius 3 is 0.805 bits per heavy atom. The number of carbonyl (C=O) groups is 3. The molecule has 77 heavy (non-hydrogen) atoms. The first-order valence-electron chi connectivity index (χ1n) is 33.8. The highest BCUT2D eigenvalue weighted by atomic mass is 16.6. The molecule has 0 heterocycles. The normalized spacial score (nSPS) is 12.4. The standard InChI is InChI=1S/C71H128O6/c1-4-7-10-13-15-17-19-21-23-25-27-29-31-32-33-34-35-36-37-38-40-41-43-45-47-49-51-53-55-58-61-64-70(73)76-67-68(66-75-69(72)63-60-57-12-9-6-3)77-71(74)65-62-59-56-54-52-50-48-46-44-42-39-30-28-26-24-22-20-18-16-14-11-8-5-2/h8,11,16,18,22,24-25,27-28,30,68H,4-7,9-10,12-15,17,19-21,23,26,29,31-67H2,1-3H3/b11-8-,18-16-,24-22-,27-25-,30-28-. The molecule has 0 aliphatic carbocycles. The summed E-state index contributed by atoms with van der Waals surface area (Å²) in [4.78, 5) is 38.0. The molecule has 1 atom stereocenters. The number of hydrogen-bond acceptors (Lipinski definition) is 6. The zero-order valence-corrected chi connectivity index (χ0v) is 51.5. The molecule has 0 saturated carbocycles. The average molecular weight is 1080 g/mol. The van der Waals surface area contributed by atoms with Crippen molar-refractivity contribution in [1.29, 1.82) is 0 Å². The quantitative estimate of drug-likeness (QED) is 0.0261. The molecule has 0 bridgehead atoms. The molecule has 0 aliphatic heterocycles. The molecule has 0 fully saturated rings. The molecule has 0 aromatic rings. The van der Waals surface area contributed by atoms with Crippen LogP contribution >= 0.6 is 0 Å². The summed E-state index contributed by atoms with van der Waals surface area (Å²) < 4.78 is 16.8. The van der Waals surface area contributed by atoms with Gasteiger partial charge in [-0.3, -0.25) is 14.4 Å². The molecule has 0 saturated heterocycles. The maximum atomic E-state index is 12.8. The van der Waals surface area contributed by atoms with Crippen LogP contribution in [-0.4, -0.2) is 37.2 Å². The van der Waals surface area contributed by atoms with Crippen LogP contribution in [0.5, 0.6) is 0 Å². The number of esters is 3. The van der Waals surface area contributed by atoms with Gasteiger partial charge in [0.05, 0.1) is 0 Å². The lowest BCUT2D eigenvalue weighted by Gasteiger charge is -2.18. The van der Waals surface area contributed by atoms with Crippen molar-refractivity contribution in [2.45, 2.75) is 361 Å². The summed E-state index contributed by atoms with van der Waals surface area (Å²) in [6.45, 7) is 6.49. The van der Waals surface area contributed by atoms with Crippen molar-refractivity contribution in [3.63, 3.8) is 0 Å². The van der Waals surface area contributed by atoms with Crippen molar-refractivity contribution in [3.8, 4) is 0 Å². The van der Waals surface area contributed by atoms with Crippen LogP contribution in [0.4, 0.5) is 0 Å². The Labute approximate surface area is 479 Å². The predicted molar refractivity (Wildman–Crippen MR) is 335 cm³/mol. The summed E-state index contributed by atoms with van der Waals surface area (Å²) in [5.41, 5.74) is 0. The zero-order chi connectivity index (χ0) is 55.7. The molecule has 448 valence electrons. The van der Waals surface area contributed by atoms with Crippen LogP contribution < -0.4 is 0 Å². The molecule has 0 radical (unpaired) electrons. The van der Waals surface area contributed by atoms with Crippen LogP contribution in [0.3, 0.4) is 0 Å². The predicted octanol–water partition coefficient (Wildman–Crippen LogP) is 23.1. The Hall–Kier alpha value is -2.89. The molecule has 0 rings (SSSR count). The molecule has 0 aromatic heterocycles. The number of carbonyl (C=O) groups excluding carboxylic acids is 3. The van der Waals surface area contributed by atoms with Gasteiger partial charge in [-0.1, -0.05) is 313 Å². The number of ether oxygens (including phenoxy) is 3. The van der Waals surface area contributed by atoms with Crippen LogP contribution in [0, 0.1) is 0 Å². The third kappa shape index (κ3) is 63.8. The van der Waals surface area contributed by atoms with E-state index in [9.17, 15) is 14.4 Å². The Morgan fingerprint density at radius 2 is 0.506 bits per heavy atom. The molecule has 1 unspecified atom stereocenters. The van der Waals surface area contributed by atoms with Crippen molar-refractivity contribution < 1.29 is 28.6 Å². The number of allylic oxidation sites excluding steroid dienone is 10. The topological polar surface area (TPSA) is 78.9 Å². The summed E-state index contributed by atoms with van der Waals surface area (Å²) >= 11 is 0. The van der Waals surface area contributed by atoms with E-state index in [4.69, 9.17) is 14.2 Å². The molecule has 6 nitrogen and oxygen atoms in total. The van der Waals surface area contributed by atoms with Crippen molar-refractivity contribution in [2.24, 2.45) is 0 Å². The minimum absolute atomic E-state index is 0.0726. The largest absolute Gasteiger partial charge is 0.462 e. The van der Waals surface area contributed by atoms with E-state index in [1.54, 1.807) is 0 Å². The van der Waals surface area contributed by atoms with Crippen molar-refractivity contribution >= 4 is 17.9 Å². The van der Waals surface area contributed by atoms with Crippen LogP contribution in [0.1, 0.15) is 355 Å². The van der Waals surface area contributed by atoms with E-state index in [-0.39, 0.29) is 31.1 Å². The third-order valence-corrected chi connectivity index (χ3v) is 15.0. The van der Waals surface area contributed by atoms with E-state index in [0.29, 0.717) is 19.3 Å². The number of rotatable bonds is 62. The van der Waals surface area contributed by atoms with Crippen LogP contribution in [0.25, 0.3) is 0 Å². The molecule has 0 N–H and O–H groups in total. The van der Waals surface area contributed by atoms with Crippen molar-refractivity contribution in [3.05, 3.63) is 60.8 Å². The monoisotopic (exact) mass is 1080 g/mol. The Balaban J connectivity index is 3.95. The molecule has 0 aromatic carbocycles. The average Bonchev–Trinajstić information content (AvgIpc) is 3.43. The van der Waals surface area contributed by atoms with E-state index in [1.807, 2.05) is 0 Å². The van der Waals surface area contributed by atoms with Gasteiger partial charge in [0.25, 0.3) is 0 Å². The maximum Gasteiger partial charge on any atom is 0.306 e. The highest BCUT2D eigenvalue weighted by Gasteiger charge is 2.19. The second-order valence-corrected chi connectivity index (χ2v) is 22.7. The Morgan fingerprint density at radius 1 is 0.273 bits per heavy atom. The van der Waals surface area contributed by atoms with Crippen molar-refractivity contribution in [1.82, 2.24) is 0 Å². The fourth-order valence-electron chi connectivity index (χ4n) is 9.96. The number of hydrogen-bond donors (Lipinski definition) is 0. The van der Waals surface area contributed by atoms with Gasteiger partial charge in [-0.05, 0) is 83.5 Å². The van der Waals surface area contributed by atoms with Gasteiger partial charge < -0.3 is 14.2 Å². The van der Waals surface area contributed by atoms with Crippen molar-refractivity contribution in [2.75, 3.05) is 13.2 Å². The molecule has 0 spiro atoms. The van der Waals surface area contributed by atoms with Gasteiger partial charge in [0.15, 0.2) is 6.10 Å². The fourth-order valence-corrected chi connectivity index (χ4v) is 9.96. The fraction of sp³-hybridized carbons (Fsp3) is 0.817. The molecule has 6 heteroatoms. The lowest BCUT2D eigenvalue weighted by atomic mass is 10.0. The summed E-state index contributed by atoms with van der Waals surface area (Å²) in [6.07, 6.45) is 84.5. The summed E-state index contributed by atoms with van der Waals surface area (Å²) in [5, 5.41) is 0. The van der Waals surface area contributed by atoms with E-state index in [1.165, 1.54) is 225 Å². The second-order valence-electron chi connectivity index (χ2n) is 22.7. The smallest absolute Gasteiger partial charge is 0.306 e. The van der Waals surface area contributed by atoms with Gasteiger partial charge >= 0.3 is 17.9 Å². The van der Waals surface area contributed by atoms with E-state index in [0.717, 1.165) is 89.9 Å². The first kappa shape index (κ1) is 74.1. The van der Waals surface area contributed by atoms with Gasteiger partial charge in [-0.25, -0.2) is 0 Å². The molecular formula is C71H128O6. The van der Waals surface area contributed by atoms with Gasteiger partial charge in [0, 0.05) is 19.3 Å². The Bertz CT molecular complexity index is 1380. The highest BCUT2D eigenvalue weighted by molar-refractivity contribution is 5.71. The van der Waals surface area contributed by atoms with Crippen LogP contribution in [0.2, 0.25) is 0 Å². The highest BCUT2D eigenvalue weighted by Crippen LogP contribution is 2.18.